The fourth-order valence-electron chi connectivity index (χ4n) is 25.0. The molecule has 25 aromatic rings. The average molecular weight is 1860 g/mol. The van der Waals surface area contributed by atoms with Crippen molar-refractivity contribution >= 4 is 112 Å². The summed E-state index contributed by atoms with van der Waals surface area (Å²) in [6.07, 6.45) is 0. The molecule has 4 aliphatic rings. The number of hydrogen-bond acceptors (Lipinski definition) is 5. The van der Waals surface area contributed by atoms with Crippen molar-refractivity contribution in [3.63, 3.8) is 0 Å². The van der Waals surface area contributed by atoms with Gasteiger partial charge in [0, 0.05) is 72.1 Å². The van der Waals surface area contributed by atoms with E-state index < -0.39 is 10.8 Å². The fourth-order valence-corrected chi connectivity index (χ4v) is 25.0. The van der Waals surface area contributed by atoms with E-state index >= 15 is 0 Å². The summed E-state index contributed by atoms with van der Waals surface area (Å²) in [6, 6.07) is 205. The van der Waals surface area contributed by atoms with Gasteiger partial charge in [0.25, 0.3) is 0 Å². The Bertz CT molecular complexity index is 9430. The van der Waals surface area contributed by atoms with Crippen LogP contribution in [0.1, 0.15) is 44.5 Å². The molecule has 0 radical (unpaired) electrons. The minimum Gasteiger partial charge on any atom is -0.456 e. The van der Waals surface area contributed by atoms with E-state index in [0.717, 1.165) is 163 Å². The van der Waals surface area contributed by atoms with Gasteiger partial charge in [-0.05, 0) is 256 Å². The van der Waals surface area contributed by atoms with Crippen LogP contribution < -0.4 is 19.6 Å². The van der Waals surface area contributed by atoms with E-state index in [1.807, 2.05) is 6.07 Å². The molecule has 2 spiro atoms. The molecule has 6 nitrogen and oxygen atoms in total. The monoisotopic (exact) mass is 1860 g/mol. The number of fused-ring (bicyclic) bond motifs is 24. The van der Waals surface area contributed by atoms with Crippen LogP contribution in [0.25, 0.3) is 150 Å². The lowest BCUT2D eigenvalue weighted by molar-refractivity contribution is 0.669. The van der Waals surface area contributed by atoms with Crippen LogP contribution in [-0.2, 0) is 10.8 Å². The van der Waals surface area contributed by atoms with Crippen molar-refractivity contribution in [2.24, 2.45) is 0 Å². The van der Waals surface area contributed by atoms with Crippen LogP contribution in [0.3, 0.4) is 0 Å². The maximum Gasteiger partial charge on any atom is 0.135 e. The van der Waals surface area contributed by atoms with Crippen molar-refractivity contribution in [1.29, 1.82) is 0 Å². The lowest BCUT2D eigenvalue weighted by Crippen LogP contribution is -2.36. The third-order valence-electron chi connectivity index (χ3n) is 31.2. The Morgan fingerprint density at radius 3 is 1.04 bits per heavy atom. The van der Waals surface area contributed by atoms with Crippen molar-refractivity contribution in [3.05, 3.63) is 597 Å². The van der Waals surface area contributed by atoms with E-state index in [1.54, 1.807) is 0 Å². The van der Waals surface area contributed by atoms with Gasteiger partial charge in [-0.25, -0.2) is 0 Å². The predicted molar refractivity (Wildman–Crippen MR) is 607 cm³/mol. The molecular formula is C140H91N5O. The molecule has 2 aliphatic heterocycles. The van der Waals surface area contributed by atoms with Gasteiger partial charge in [-0.3, -0.25) is 0 Å². The standard InChI is InChI=1S/C140H91N5O/c1-4-36-92(37-5-1)94-72-76-97(77-73-94)107-46-12-23-61-124(107)141(133-69-34-59-122-137(133)112-51-10-17-53-116(112)139(122)118-55-19-27-65-129(118)142(103-42-8-3-9-43-103)130-66-28-20-56-119(130)139)104-84-80-96(81-85-104)99-40-32-44-105(88-99)143-127-64-26-15-49-110(127)114-90-101(82-86-128(114)143)100-41-33-45-106(89-100)144-131-67-29-21-57-120(131)140(121-58-22-30-68-132(121)144)117-54-18-11-52-113(117)138-123(140)60-35-70-134(138)145(125-62-24-13-47-108(125)98-78-74-95(75-79-98)93-38-6-2-7-39-93)126-63-25-14-48-109(126)102-83-87-136-115(91-102)111-50-16-31-71-135(111)146-136/h1-91H. The van der Waals surface area contributed by atoms with Crippen LogP contribution in [0.2, 0.25) is 0 Å². The van der Waals surface area contributed by atoms with Crippen LogP contribution in [0.4, 0.5) is 68.2 Å². The summed E-state index contributed by atoms with van der Waals surface area (Å²) >= 11 is 0. The Morgan fingerprint density at radius 2 is 0.493 bits per heavy atom. The van der Waals surface area contributed by atoms with E-state index in [2.05, 4.69) is 570 Å². The number of rotatable bonds is 16. The lowest BCUT2D eigenvalue weighted by atomic mass is 9.64. The van der Waals surface area contributed by atoms with Crippen molar-refractivity contribution in [3.8, 4) is 106 Å². The normalized spacial score (nSPS) is 13.0. The van der Waals surface area contributed by atoms with Crippen molar-refractivity contribution < 1.29 is 4.42 Å². The quantitative estimate of drug-likeness (QED) is 0.0962. The molecule has 0 saturated carbocycles. The Balaban J connectivity index is 0.530. The Morgan fingerprint density at radius 1 is 0.171 bits per heavy atom. The summed E-state index contributed by atoms with van der Waals surface area (Å²) in [5.74, 6) is 0. The third-order valence-corrected chi connectivity index (χ3v) is 31.2. The smallest absolute Gasteiger partial charge is 0.135 e. The zero-order valence-corrected chi connectivity index (χ0v) is 79.7. The van der Waals surface area contributed by atoms with Crippen LogP contribution >= 0.6 is 0 Å². The van der Waals surface area contributed by atoms with Crippen molar-refractivity contribution in [1.82, 2.24) is 4.57 Å². The molecule has 0 amide bonds. The fraction of sp³-hybridized carbons (Fsp3) is 0.0143. The topological polar surface area (TPSA) is 31.0 Å². The first-order chi connectivity index (χ1) is 72.5. The molecule has 682 valence electrons. The molecule has 4 heterocycles. The highest BCUT2D eigenvalue weighted by molar-refractivity contribution is 6.13. The van der Waals surface area contributed by atoms with Gasteiger partial charge in [-0.1, -0.05) is 413 Å². The highest BCUT2D eigenvalue weighted by Crippen LogP contribution is 2.69. The zero-order chi connectivity index (χ0) is 96.1. The maximum atomic E-state index is 6.50. The van der Waals surface area contributed by atoms with E-state index in [9.17, 15) is 0 Å². The molecule has 0 bridgehead atoms. The van der Waals surface area contributed by atoms with Gasteiger partial charge in [-0.15, -0.1) is 0 Å². The highest BCUT2D eigenvalue weighted by atomic mass is 16.3. The zero-order valence-electron chi connectivity index (χ0n) is 79.7. The Kier molecular flexibility index (Phi) is 19.4. The number of nitrogens with zero attached hydrogens (tertiary/aromatic N) is 5. The van der Waals surface area contributed by atoms with Gasteiger partial charge < -0.3 is 28.6 Å². The van der Waals surface area contributed by atoms with Crippen LogP contribution in [-0.4, -0.2) is 4.57 Å². The minimum atomic E-state index is -0.764. The summed E-state index contributed by atoms with van der Waals surface area (Å²) in [7, 11) is 0. The second kappa shape index (κ2) is 33.8. The molecule has 29 rings (SSSR count). The SMILES string of the molecule is c1ccc(-c2ccc(-c3ccccc3N(c3ccc(-c4cccc(-n5c6ccccc6c6cc(-c7cccc(N8c9ccccc9C9(c%10ccccc%10-c%10c(N(c%11ccccc%11-c%11ccc(-c%12ccccc%12)cc%11)c%11ccccc%11-c%11ccc%12oc%13ccccc%13c%12c%11)cccc%109)c9ccccc98)c7)ccc65)c4)cc3)c3cccc4c3-c3ccccc3C43c4ccccc4N(c4ccccc4)c4ccccc43)cc2)cc1. The lowest BCUT2D eigenvalue weighted by Gasteiger charge is -2.45. The highest BCUT2D eigenvalue weighted by Gasteiger charge is 2.55. The van der Waals surface area contributed by atoms with Gasteiger partial charge in [0.1, 0.15) is 11.2 Å². The van der Waals surface area contributed by atoms with Crippen molar-refractivity contribution in [2.75, 3.05) is 19.6 Å². The molecular weight excluding hydrogens is 1770 g/mol. The summed E-state index contributed by atoms with van der Waals surface area (Å²) < 4.78 is 8.96. The molecule has 6 heteroatoms. The van der Waals surface area contributed by atoms with E-state index in [-0.39, 0.29) is 0 Å². The summed E-state index contributed by atoms with van der Waals surface area (Å²) in [4.78, 5) is 10.1. The molecule has 23 aromatic carbocycles. The third kappa shape index (κ3) is 12.9. The molecule has 2 aromatic heterocycles. The largest absolute Gasteiger partial charge is 0.456 e. The average Bonchev–Trinajstić information content (AvgIpc) is 1.49. The molecule has 0 N–H and O–H groups in total. The first-order valence-corrected chi connectivity index (χ1v) is 50.4. The van der Waals surface area contributed by atoms with E-state index in [0.29, 0.717) is 0 Å². The molecule has 2 aliphatic carbocycles. The van der Waals surface area contributed by atoms with Gasteiger partial charge in [0.05, 0.1) is 73.0 Å². The van der Waals surface area contributed by atoms with Gasteiger partial charge in [-0.2, -0.15) is 0 Å². The van der Waals surface area contributed by atoms with Crippen LogP contribution in [0, 0.1) is 0 Å². The Hall–Kier alpha value is -19.1. The van der Waals surface area contributed by atoms with E-state index in [4.69, 9.17) is 4.42 Å². The summed E-state index contributed by atoms with van der Waals surface area (Å²) in [6.45, 7) is 0. The van der Waals surface area contributed by atoms with Crippen LogP contribution in [0.15, 0.2) is 556 Å². The number of benzene rings is 23. The number of anilines is 12. The molecule has 0 saturated heterocycles. The number of aromatic nitrogens is 1. The summed E-state index contributed by atoms with van der Waals surface area (Å²) in [5.41, 5.74) is 47.4. The molecule has 0 atom stereocenters. The number of para-hydroxylation sites is 10. The first kappa shape index (κ1) is 83.8. The Labute approximate surface area is 847 Å². The first-order valence-electron chi connectivity index (χ1n) is 50.4. The maximum absolute atomic E-state index is 6.50. The van der Waals surface area contributed by atoms with Gasteiger partial charge in [0.2, 0.25) is 0 Å². The second-order valence-electron chi connectivity index (χ2n) is 38.7. The molecule has 0 fully saturated rings. The molecule has 0 unspecified atom stereocenters. The van der Waals surface area contributed by atoms with Gasteiger partial charge >= 0.3 is 0 Å². The predicted octanol–water partition coefficient (Wildman–Crippen LogP) is 37.6. The van der Waals surface area contributed by atoms with Gasteiger partial charge in [0.15, 0.2) is 0 Å². The summed E-state index contributed by atoms with van der Waals surface area (Å²) in [5, 5.41) is 4.54. The van der Waals surface area contributed by atoms with Crippen LogP contribution in [0.5, 0.6) is 0 Å². The van der Waals surface area contributed by atoms with Crippen molar-refractivity contribution in [2.45, 2.75) is 10.8 Å². The van der Waals surface area contributed by atoms with E-state index in [1.165, 1.54) is 99.8 Å². The number of furan rings is 1. The minimum absolute atomic E-state index is 0.666. The molecule has 146 heavy (non-hydrogen) atoms. The number of hydrogen-bond donors (Lipinski definition) is 0. The second-order valence-corrected chi connectivity index (χ2v) is 38.7.